The molecule has 2 saturated heterocycles. The lowest BCUT2D eigenvalue weighted by Gasteiger charge is -2.36. The zero-order valence-corrected chi connectivity index (χ0v) is 22.7. The van der Waals surface area contributed by atoms with E-state index in [4.69, 9.17) is 19.9 Å². The molecule has 0 bridgehead atoms. The van der Waals surface area contributed by atoms with Crippen LogP contribution < -0.4 is 20.7 Å². The molecule has 2 aliphatic rings. The van der Waals surface area contributed by atoms with E-state index in [-0.39, 0.29) is 24.2 Å². The minimum atomic E-state index is -0.311. The zero-order valence-electron chi connectivity index (χ0n) is 22.7. The van der Waals surface area contributed by atoms with Gasteiger partial charge in [0.05, 0.1) is 41.5 Å². The Kier molecular flexibility index (Phi) is 7.78. The lowest BCUT2D eigenvalue weighted by molar-refractivity contribution is 0.0262. The highest BCUT2D eigenvalue weighted by atomic mass is 16.6. The van der Waals surface area contributed by atoms with Crippen LogP contribution in [-0.4, -0.2) is 85.7 Å². The van der Waals surface area contributed by atoms with Crippen molar-refractivity contribution < 1.29 is 23.8 Å². The summed E-state index contributed by atoms with van der Waals surface area (Å²) in [6, 6.07) is 9.78. The summed E-state index contributed by atoms with van der Waals surface area (Å²) in [7, 11) is 1.62. The number of amides is 2. The molecule has 0 aliphatic carbocycles. The number of carbonyl (C=O) groups is 2. The first-order chi connectivity index (χ1) is 18.8. The predicted molar refractivity (Wildman–Crippen MR) is 149 cm³/mol. The number of nitrogens with one attached hydrogen (secondary N) is 2. The van der Waals surface area contributed by atoms with Crippen molar-refractivity contribution >= 4 is 34.4 Å². The van der Waals surface area contributed by atoms with E-state index in [1.807, 2.05) is 44.2 Å². The molecule has 0 atom stereocenters. The molecule has 3 heterocycles. The Morgan fingerprint density at radius 3 is 2.54 bits per heavy atom. The molecule has 0 spiro atoms. The van der Waals surface area contributed by atoms with Gasteiger partial charge in [-0.2, -0.15) is 5.10 Å². The lowest BCUT2D eigenvalue weighted by Crippen LogP contribution is -2.49. The number of aromatic amines is 1. The summed E-state index contributed by atoms with van der Waals surface area (Å²) >= 11 is 0. The Morgan fingerprint density at radius 2 is 1.85 bits per heavy atom. The van der Waals surface area contributed by atoms with Crippen molar-refractivity contribution in [3.63, 3.8) is 0 Å². The van der Waals surface area contributed by atoms with Crippen molar-refractivity contribution in [3.05, 3.63) is 35.9 Å². The Morgan fingerprint density at radius 1 is 1.10 bits per heavy atom. The molecule has 208 valence electrons. The quantitative estimate of drug-likeness (QED) is 0.436. The fourth-order valence-corrected chi connectivity index (χ4v) is 5.08. The van der Waals surface area contributed by atoms with Crippen LogP contribution in [0.5, 0.6) is 5.75 Å². The predicted octanol–water partition coefficient (Wildman–Crippen LogP) is 3.40. The maximum absolute atomic E-state index is 12.8. The van der Waals surface area contributed by atoms with Gasteiger partial charge in [0.2, 0.25) is 0 Å². The average molecular weight is 537 g/mol. The van der Waals surface area contributed by atoms with E-state index >= 15 is 0 Å². The van der Waals surface area contributed by atoms with Gasteiger partial charge in [0, 0.05) is 46.1 Å². The van der Waals surface area contributed by atoms with E-state index in [0.717, 1.165) is 40.6 Å². The summed E-state index contributed by atoms with van der Waals surface area (Å²) in [5, 5.41) is 10.7. The topological polar surface area (TPSA) is 135 Å². The number of nitrogens with zero attached hydrogens (tertiary/aromatic N) is 3. The molecule has 39 heavy (non-hydrogen) atoms. The minimum absolute atomic E-state index is 0.0383. The second kappa shape index (κ2) is 11.4. The lowest BCUT2D eigenvalue weighted by atomic mass is 9.99. The fraction of sp³-hybridized carbons (Fsp3) is 0.464. The SMILES string of the molecule is CNC(=O)c1ccc(-c2cc(OC3CCOCC3)c3c(N)n[nH]c3c2)cc1N1CCN(C(=O)OC(C)C)CC1. The molecule has 11 nitrogen and oxygen atoms in total. The molecule has 4 N–H and O–H groups in total. The first-order valence-electron chi connectivity index (χ1n) is 13.4. The van der Waals surface area contributed by atoms with Crippen molar-refractivity contribution in [1.82, 2.24) is 20.4 Å². The molecule has 2 aromatic carbocycles. The van der Waals surface area contributed by atoms with E-state index in [1.165, 1.54) is 0 Å². The van der Waals surface area contributed by atoms with Crippen molar-refractivity contribution in [2.24, 2.45) is 0 Å². The molecule has 2 fully saturated rings. The standard InChI is InChI=1S/C28H36N6O5/c1-17(2)38-28(36)34-10-8-33(9-11-34)23-15-18(4-5-21(23)27(35)30-3)19-14-22-25(26(29)32-31-22)24(16-19)39-20-6-12-37-13-7-20/h4-5,14-17,20H,6-13H2,1-3H3,(H,30,35)(H3,29,31,32). The monoisotopic (exact) mass is 536 g/mol. The zero-order chi connectivity index (χ0) is 27.5. The first-order valence-corrected chi connectivity index (χ1v) is 13.4. The highest BCUT2D eigenvalue weighted by Crippen LogP contribution is 2.37. The second-order valence-electron chi connectivity index (χ2n) is 10.2. The molecule has 0 unspecified atom stereocenters. The van der Waals surface area contributed by atoms with Crippen LogP contribution >= 0.6 is 0 Å². The number of fused-ring (bicyclic) bond motifs is 1. The van der Waals surface area contributed by atoms with Gasteiger partial charge < -0.3 is 35.1 Å². The summed E-state index contributed by atoms with van der Waals surface area (Å²) < 4.78 is 17.3. The average Bonchev–Trinajstić information content (AvgIpc) is 3.33. The summed E-state index contributed by atoms with van der Waals surface area (Å²) in [6.45, 7) is 7.18. The number of hydrogen-bond acceptors (Lipinski definition) is 8. The molecular weight excluding hydrogens is 500 g/mol. The number of aromatic nitrogens is 2. The molecule has 5 rings (SSSR count). The van der Waals surface area contributed by atoms with Crippen LogP contribution in [0.15, 0.2) is 30.3 Å². The van der Waals surface area contributed by atoms with Crippen LogP contribution in [0.4, 0.5) is 16.3 Å². The largest absolute Gasteiger partial charge is 0.489 e. The van der Waals surface area contributed by atoms with E-state index in [0.29, 0.717) is 56.5 Å². The van der Waals surface area contributed by atoms with Gasteiger partial charge in [0.25, 0.3) is 5.91 Å². The van der Waals surface area contributed by atoms with Crippen molar-refractivity contribution in [1.29, 1.82) is 0 Å². The van der Waals surface area contributed by atoms with Crippen LogP contribution in [0.25, 0.3) is 22.0 Å². The third-order valence-electron chi connectivity index (χ3n) is 7.13. The van der Waals surface area contributed by atoms with Crippen molar-refractivity contribution in [2.45, 2.75) is 38.9 Å². The van der Waals surface area contributed by atoms with E-state index in [2.05, 4.69) is 20.4 Å². The first kappa shape index (κ1) is 26.6. The summed E-state index contributed by atoms with van der Waals surface area (Å²) in [5.41, 5.74) is 10.2. The van der Waals surface area contributed by atoms with Crippen LogP contribution in [0.3, 0.4) is 0 Å². The van der Waals surface area contributed by atoms with Gasteiger partial charge in [0.1, 0.15) is 11.9 Å². The van der Waals surface area contributed by atoms with Crippen LogP contribution in [0, 0.1) is 0 Å². The summed E-state index contributed by atoms with van der Waals surface area (Å²) in [4.78, 5) is 29.0. The van der Waals surface area contributed by atoms with Gasteiger partial charge in [-0.05, 0) is 49.2 Å². The Bertz CT molecular complexity index is 1340. The maximum atomic E-state index is 12.8. The van der Waals surface area contributed by atoms with Crippen molar-refractivity contribution in [2.75, 3.05) is 57.1 Å². The van der Waals surface area contributed by atoms with Gasteiger partial charge in [-0.1, -0.05) is 6.07 Å². The van der Waals surface area contributed by atoms with E-state index in [1.54, 1.807) is 11.9 Å². The number of nitrogen functional groups attached to an aromatic ring is 1. The molecular formula is C28H36N6O5. The van der Waals surface area contributed by atoms with Crippen molar-refractivity contribution in [3.8, 4) is 16.9 Å². The van der Waals surface area contributed by atoms with E-state index < -0.39 is 0 Å². The Labute approximate surface area is 227 Å². The van der Waals surface area contributed by atoms with Crippen LogP contribution in [-0.2, 0) is 9.47 Å². The number of benzene rings is 2. The number of carbonyl (C=O) groups excluding carboxylic acids is 2. The second-order valence-corrected chi connectivity index (χ2v) is 10.2. The summed E-state index contributed by atoms with van der Waals surface area (Å²) in [5.74, 6) is 0.900. The molecule has 2 aliphatic heterocycles. The van der Waals surface area contributed by atoms with Gasteiger partial charge in [-0.3, -0.25) is 9.89 Å². The van der Waals surface area contributed by atoms with Gasteiger partial charge in [-0.25, -0.2) is 4.79 Å². The highest BCUT2D eigenvalue weighted by Gasteiger charge is 2.26. The third kappa shape index (κ3) is 5.73. The fourth-order valence-electron chi connectivity index (χ4n) is 5.08. The number of nitrogens with two attached hydrogens (primary N) is 1. The van der Waals surface area contributed by atoms with Gasteiger partial charge >= 0.3 is 6.09 Å². The number of ether oxygens (including phenoxy) is 3. The van der Waals surface area contributed by atoms with Crippen LogP contribution in [0.1, 0.15) is 37.0 Å². The molecule has 2 amide bonds. The Balaban J connectivity index is 1.47. The van der Waals surface area contributed by atoms with Crippen LogP contribution in [0.2, 0.25) is 0 Å². The molecule has 3 aromatic rings. The third-order valence-corrected chi connectivity index (χ3v) is 7.13. The number of H-pyrrole nitrogens is 1. The molecule has 0 radical (unpaired) electrons. The van der Waals surface area contributed by atoms with E-state index in [9.17, 15) is 9.59 Å². The minimum Gasteiger partial charge on any atom is -0.489 e. The normalized spacial score (nSPS) is 16.5. The Hall–Kier alpha value is -3.99. The summed E-state index contributed by atoms with van der Waals surface area (Å²) in [6.07, 6.45) is 1.18. The van der Waals surface area contributed by atoms with Gasteiger partial charge in [-0.15, -0.1) is 0 Å². The number of piperazine rings is 1. The molecule has 0 saturated carbocycles. The van der Waals surface area contributed by atoms with Gasteiger partial charge in [0.15, 0.2) is 5.82 Å². The maximum Gasteiger partial charge on any atom is 0.410 e. The number of anilines is 2. The highest BCUT2D eigenvalue weighted by molar-refractivity contribution is 6.01. The molecule has 11 heteroatoms. The smallest absolute Gasteiger partial charge is 0.410 e. The number of hydrogen-bond donors (Lipinski definition) is 3. The number of rotatable bonds is 6. The molecule has 1 aromatic heterocycles.